The summed E-state index contributed by atoms with van der Waals surface area (Å²) >= 11 is 11.8. The largest absolute Gasteiger partial charge is 0.358 e. The molecule has 0 saturated heterocycles. The van der Waals surface area contributed by atoms with Gasteiger partial charge in [0.05, 0.1) is 5.02 Å². The van der Waals surface area contributed by atoms with E-state index < -0.39 is 10.0 Å². The molecule has 0 saturated carbocycles. The lowest BCUT2D eigenvalue weighted by atomic mass is 10.1. The van der Waals surface area contributed by atoms with E-state index >= 15 is 0 Å². The van der Waals surface area contributed by atoms with E-state index in [1.54, 1.807) is 0 Å². The number of aryl methyl sites for hydroxylation is 1. The van der Waals surface area contributed by atoms with Gasteiger partial charge in [-0.2, -0.15) is 0 Å². The van der Waals surface area contributed by atoms with Crippen LogP contribution in [-0.2, 0) is 16.4 Å². The summed E-state index contributed by atoms with van der Waals surface area (Å²) in [4.78, 5) is 3.34. The number of rotatable bonds is 5. The summed E-state index contributed by atoms with van der Waals surface area (Å²) in [6.07, 6.45) is 0.584. The van der Waals surface area contributed by atoms with E-state index in [0.29, 0.717) is 11.4 Å². The second kappa shape index (κ2) is 6.76. The first-order chi connectivity index (χ1) is 11.4. The molecule has 0 fully saturated rings. The van der Waals surface area contributed by atoms with Gasteiger partial charge in [-0.1, -0.05) is 41.4 Å². The van der Waals surface area contributed by atoms with Crippen LogP contribution in [0.5, 0.6) is 0 Å². The van der Waals surface area contributed by atoms with Crippen molar-refractivity contribution in [1.29, 1.82) is 0 Å². The van der Waals surface area contributed by atoms with Crippen molar-refractivity contribution in [3.8, 4) is 0 Å². The number of H-pyrrole nitrogens is 1. The van der Waals surface area contributed by atoms with E-state index in [2.05, 4.69) is 9.71 Å². The van der Waals surface area contributed by atoms with Gasteiger partial charge in [0.1, 0.15) is 4.90 Å². The number of benzene rings is 2. The van der Waals surface area contributed by atoms with Crippen LogP contribution in [0.25, 0.3) is 10.9 Å². The van der Waals surface area contributed by atoms with Crippen LogP contribution in [-0.4, -0.2) is 19.9 Å². The lowest BCUT2D eigenvalue weighted by molar-refractivity contribution is 0.581. The van der Waals surface area contributed by atoms with Gasteiger partial charge in [-0.15, -0.1) is 0 Å². The number of para-hydroxylation sites is 1. The minimum atomic E-state index is -3.68. The molecule has 0 unspecified atom stereocenters. The smallest absolute Gasteiger partial charge is 0.242 e. The molecule has 0 atom stereocenters. The summed E-state index contributed by atoms with van der Waals surface area (Å²) in [6.45, 7) is 2.27. The number of hydrogen-bond acceptors (Lipinski definition) is 2. The lowest BCUT2D eigenvalue weighted by Crippen LogP contribution is -2.26. The molecule has 0 spiro atoms. The molecule has 4 nitrogen and oxygen atoms in total. The van der Waals surface area contributed by atoms with Gasteiger partial charge in [-0.25, -0.2) is 13.1 Å². The molecular formula is C17H16Cl2N2O2S. The van der Waals surface area contributed by atoms with Crippen LogP contribution in [0.2, 0.25) is 10.0 Å². The molecular weight excluding hydrogens is 367 g/mol. The molecule has 0 amide bonds. The summed E-state index contributed by atoms with van der Waals surface area (Å²) < 4.78 is 27.4. The predicted octanol–water partition coefficient (Wildman–Crippen LogP) is 4.30. The van der Waals surface area contributed by atoms with Crippen LogP contribution < -0.4 is 4.72 Å². The average molecular weight is 383 g/mol. The van der Waals surface area contributed by atoms with Gasteiger partial charge in [0.15, 0.2) is 0 Å². The SMILES string of the molecule is Cc1[nH]c2ccccc2c1CCNS(=O)(=O)c1ccc(Cl)cc1Cl. The van der Waals surface area contributed by atoms with Crippen molar-refractivity contribution in [2.75, 3.05) is 6.54 Å². The number of aromatic nitrogens is 1. The topological polar surface area (TPSA) is 62.0 Å². The minimum Gasteiger partial charge on any atom is -0.358 e. The van der Waals surface area contributed by atoms with E-state index in [-0.39, 0.29) is 16.5 Å². The monoisotopic (exact) mass is 382 g/mol. The Morgan fingerprint density at radius 2 is 1.88 bits per heavy atom. The fourth-order valence-corrected chi connectivity index (χ4v) is 4.54. The molecule has 3 aromatic rings. The Balaban J connectivity index is 1.76. The van der Waals surface area contributed by atoms with Crippen molar-refractivity contribution in [3.05, 3.63) is 63.8 Å². The third-order valence-corrected chi connectivity index (χ3v) is 6.06. The molecule has 24 heavy (non-hydrogen) atoms. The van der Waals surface area contributed by atoms with Gasteiger partial charge in [0.25, 0.3) is 0 Å². The highest BCUT2D eigenvalue weighted by molar-refractivity contribution is 7.89. The summed E-state index contributed by atoms with van der Waals surface area (Å²) in [7, 11) is -3.68. The average Bonchev–Trinajstić information content (AvgIpc) is 2.83. The Bertz CT molecular complexity index is 997. The number of aromatic amines is 1. The normalized spacial score (nSPS) is 12.0. The van der Waals surface area contributed by atoms with Crippen molar-refractivity contribution in [3.63, 3.8) is 0 Å². The van der Waals surface area contributed by atoms with Gasteiger partial charge in [-0.3, -0.25) is 0 Å². The van der Waals surface area contributed by atoms with Crippen molar-refractivity contribution in [2.24, 2.45) is 0 Å². The fraction of sp³-hybridized carbons (Fsp3) is 0.176. The van der Waals surface area contributed by atoms with E-state index in [9.17, 15) is 8.42 Å². The molecule has 1 heterocycles. The molecule has 2 aromatic carbocycles. The second-order valence-electron chi connectivity index (χ2n) is 5.50. The zero-order chi connectivity index (χ0) is 17.3. The molecule has 0 aliphatic rings. The maximum Gasteiger partial charge on any atom is 0.242 e. The van der Waals surface area contributed by atoms with E-state index in [4.69, 9.17) is 23.2 Å². The molecule has 0 radical (unpaired) electrons. The predicted molar refractivity (Wildman–Crippen MR) is 98.4 cm³/mol. The summed E-state index contributed by atoms with van der Waals surface area (Å²) in [5, 5.41) is 1.62. The molecule has 1 aromatic heterocycles. The Kier molecular flexibility index (Phi) is 4.88. The van der Waals surface area contributed by atoms with Crippen LogP contribution in [0, 0.1) is 6.92 Å². The summed E-state index contributed by atoms with van der Waals surface area (Å²) in [5.41, 5.74) is 3.20. The van der Waals surface area contributed by atoms with Crippen molar-refractivity contribution < 1.29 is 8.42 Å². The van der Waals surface area contributed by atoms with E-state index in [1.165, 1.54) is 18.2 Å². The Hall–Kier alpha value is -1.53. The molecule has 7 heteroatoms. The molecule has 3 rings (SSSR count). The third kappa shape index (κ3) is 3.44. The van der Waals surface area contributed by atoms with Crippen molar-refractivity contribution in [2.45, 2.75) is 18.2 Å². The van der Waals surface area contributed by atoms with Crippen molar-refractivity contribution in [1.82, 2.24) is 9.71 Å². The maximum absolute atomic E-state index is 12.4. The number of halogens is 2. The molecule has 0 aliphatic heterocycles. The quantitative estimate of drug-likeness (QED) is 0.690. The summed E-state index contributed by atoms with van der Waals surface area (Å²) in [6, 6.07) is 12.3. The van der Waals surface area contributed by atoms with Gasteiger partial charge in [0.2, 0.25) is 10.0 Å². The lowest BCUT2D eigenvalue weighted by Gasteiger charge is -2.09. The first-order valence-electron chi connectivity index (χ1n) is 7.39. The second-order valence-corrected chi connectivity index (χ2v) is 8.08. The fourth-order valence-electron chi connectivity index (χ4n) is 2.74. The Morgan fingerprint density at radius 3 is 2.62 bits per heavy atom. The van der Waals surface area contributed by atoms with Crippen molar-refractivity contribution >= 4 is 44.1 Å². The number of sulfonamides is 1. The van der Waals surface area contributed by atoms with Gasteiger partial charge >= 0.3 is 0 Å². The number of fused-ring (bicyclic) bond motifs is 1. The zero-order valence-electron chi connectivity index (χ0n) is 12.9. The minimum absolute atomic E-state index is 0.0317. The highest BCUT2D eigenvalue weighted by Crippen LogP contribution is 2.25. The van der Waals surface area contributed by atoms with Gasteiger partial charge in [0, 0.05) is 28.2 Å². The molecule has 2 N–H and O–H groups in total. The van der Waals surface area contributed by atoms with E-state index in [0.717, 1.165) is 22.2 Å². The highest BCUT2D eigenvalue weighted by Gasteiger charge is 2.18. The Morgan fingerprint density at radius 1 is 1.12 bits per heavy atom. The maximum atomic E-state index is 12.4. The van der Waals surface area contributed by atoms with Crippen LogP contribution in [0.15, 0.2) is 47.4 Å². The van der Waals surface area contributed by atoms with Crippen LogP contribution in [0.1, 0.15) is 11.3 Å². The first kappa shape index (κ1) is 17.3. The first-order valence-corrected chi connectivity index (χ1v) is 9.63. The number of hydrogen-bond donors (Lipinski definition) is 2. The third-order valence-electron chi connectivity index (χ3n) is 3.88. The standard InChI is InChI=1S/C17H16Cl2N2O2S/c1-11-13(14-4-2-3-5-16(14)21-11)8-9-20-24(22,23)17-7-6-12(18)10-15(17)19/h2-7,10,20-21H,8-9H2,1H3. The highest BCUT2D eigenvalue weighted by atomic mass is 35.5. The molecule has 0 bridgehead atoms. The zero-order valence-corrected chi connectivity index (χ0v) is 15.3. The molecule has 0 aliphatic carbocycles. The molecule has 126 valence electrons. The van der Waals surface area contributed by atoms with Crippen LogP contribution in [0.3, 0.4) is 0 Å². The summed E-state index contributed by atoms with van der Waals surface area (Å²) in [5.74, 6) is 0. The Labute approximate surface area is 150 Å². The van der Waals surface area contributed by atoms with Crippen LogP contribution >= 0.6 is 23.2 Å². The number of nitrogens with one attached hydrogen (secondary N) is 2. The van der Waals surface area contributed by atoms with Gasteiger partial charge in [-0.05, 0) is 43.2 Å². The van der Waals surface area contributed by atoms with E-state index in [1.807, 2.05) is 31.2 Å². The van der Waals surface area contributed by atoms with Gasteiger partial charge < -0.3 is 4.98 Å². The van der Waals surface area contributed by atoms with Crippen LogP contribution in [0.4, 0.5) is 0 Å².